The number of halogens is 1. The minimum Gasteiger partial charge on any atom is -0.446 e. The van der Waals surface area contributed by atoms with Gasteiger partial charge in [0, 0.05) is 28.3 Å². The molecule has 0 N–H and O–H groups in total. The third kappa shape index (κ3) is 2.31. The number of fused-ring (bicyclic) bond motifs is 1. The van der Waals surface area contributed by atoms with Crippen molar-refractivity contribution in [3.8, 4) is 17.8 Å². The molecule has 0 spiro atoms. The van der Waals surface area contributed by atoms with Crippen LogP contribution in [0.2, 0.25) is 0 Å². The number of nitrogens with zero attached hydrogens (tertiary/aromatic N) is 4. The molecule has 0 radical (unpaired) electrons. The second-order valence-corrected chi connectivity index (χ2v) is 4.97. The molecular formula is C11H9BrN4O4. The van der Waals surface area contributed by atoms with Crippen LogP contribution >= 0.6 is 15.9 Å². The highest BCUT2D eigenvalue weighted by Crippen LogP contribution is 2.36. The zero-order valence-electron chi connectivity index (χ0n) is 10.2. The van der Waals surface area contributed by atoms with E-state index >= 15 is 0 Å². The summed E-state index contributed by atoms with van der Waals surface area (Å²) in [6, 6.07) is 3.55. The minimum atomic E-state index is -0.594. The lowest BCUT2D eigenvalue weighted by molar-refractivity contribution is -0.390. The molecule has 0 saturated heterocycles. The van der Waals surface area contributed by atoms with Crippen LogP contribution < -0.4 is 9.47 Å². The molecule has 9 heteroatoms. The number of hydrogen-bond acceptors (Lipinski definition) is 6. The monoisotopic (exact) mass is 340 g/mol. The van der Waals surface area contributed by atoms with Crippen molar-refractivity contribution in [2.45, 2.75) is 13.0 Å². The summed E-state index contributed by atoms with van der Waals surface area (Å²) < 4.78 is 13.1. The van der Waals surface area contributed by atoms with Crippen molar-refractivity contribution >= 4 is 21.7 Å². The van der Waals surface area contributed by atoms with E-state index in [1.54, 1.807) is 22.9 Å². The van der Waals surface area contributed by atoms with Gasteiger partial charge in [0.15, 0.2) is 0 Å². The Kier molecular flexibility index (Phi) is 3.26. The summed E-state index contributed by atoms with van der Waals surface area (Å²) in [5.41, 5.74) is 0. The predicted molar refractivity (Wildman–Crippen MR) is 71.0 cm³/mol. The molecule has 0 saturated carbocycles. The molecule has 1 aliphatic heterocycles. The molecule has 0 bridgehead atoms. The zero-order valence-corrected chi connectivity index (χ0v) is 11.7. The van der Waals surface area contributed by atoms with E-state index in [-0.39, 0.29) is 23.6 Å². The highest BCUT2D eigenvalue weighted by atomic mass is 79.9. The number of hydrogen-bond donors (Lipinski definition) is 0. The molecule has 20 heavy (non-hydrogen) atoms. The summed E-state index contributed by atoms with van der Waals surface area (Å²) in [5.74, 6) is -0.0734. The molecule has 0 fully saturated rings. The van der Waals surface area contributed by atoms with Gasteiger partial charge >= 0.3 is 17.7 Å². The fourth-order valence-electron chi connectivity index (χ4n) is 1.84. The number of imidazole rings is 1. The number of rotatable bonds is 3. The lowest BCUT2D eigenvalue weighted by atomic mass is 10.4. The molecule has 3 heterocycles. The van der Waals surface area contributed by atoms with Gasteiger partial charge in [-0.1, -0.05) is 0 Å². The highest BCUT2D eigenvalue weighted by molar-refractivity contribution is 9.10. The van der Waals surface area contributed by atoms with Gasteiger partial charge in [0.1, 0.15) is 0 Å². The van der Waals surface area contributed by atoms with Crippen molar-refractivity contribution in [3.05, 3.63) is 32.9 Å². The standard InChI is InChI=1S/C11H9BrN4O4/c12-7-2-3-8(13-6-7)20-10-9(16(17)18)14-11-15(10)4-1-5-19-11/h2-3,6H,1,4-5H2. The lowest BCUT2D eigenvalue weighted by Crippen LogP contribution is -2.14. The summed E-state index contributed by atoms with van der Waals surface area (Å²) in [4.78, 5) is 18.3. The van der Waals surface area contributed by atoms with Gasteiger partial charge in [0.2, 0.25) is 5.88 Å². The average Bonchev–Trinajstić information content (AvgIpc) is 2.81. The lowest BCUT2D eigenvalue weighted by Gasteiger charge is -2.13. The van der Waals surface area contributed by atoms with Crippen molar-refractivity contribution in [3.63, 3.8) is 0 Å². The summed E-state index contributed by atoms with van der Waals surface area (Å²) in [6.07, 6.45) is 2.29. The zero-order chi connectivity index (χ0) is 14.1. The highest BCUT2D eigenvalue weighted by Gasteiger charge is 2.33. The fraction of sp³-hybridized carbons (Fsp3) is 0.273. The van der Waals surface area contributed by atoms with E-state index in [0.29, 0.717) is 13.2 Å². The average molecular weight is 341 g/mol. The van der Waals surface area contributed by atoms with Crippen LogP contribution in [-0.4, -0.2) is 26.1 Å². The SMILES string of the molecule is O=[N+]([O-])c1nc2n(c1Oc1ccc(Br)cn1)CCCO2. The Balaban J connectivity index is 2.00. The quantitative estimate of drug-likeness (QED) is 0.629. The Morgan fingerprint density at radius 2 is 2.35 bits per heavy atom. The molecule has 0 amide bonds. The van der Waals surface area contributed by atoms with E-state index in [4.69, 9.17) is 9.47 Å². The van der Waals surface area contributed by atoms with Crippen LogP contribution in [0, 0.1) is 10.1 Å². The van der Waals surface area contributed by atoms with Crippen molar-refractivity contribution in [2.75, 3.05) is 6.61 Å². The van der Waals surface area contributed by atoms with Crippen molar-refractivity contribution in [2.24, 2.45) is 0 Å². The Morgan fingerprint density at radius 3 is 3.05 bits per heavy atom. The van der Waals surface area contributed by atoms with Crippen LogP contribution in [0.3, 0.4) is 0 Å². The van der Waals surface area contributed by atoms with Gasteiger partial charge < -0.3 is 19.6 Å². The molecule has 0 aromatic carbocycles. The van der Waals surface area contributed by atoms with Crippen LogP contribution in [0.4, 0.5) is 5.82 Å². The molecule has 2 aromatic rings. The van der Waals surface area contributed by atoms with Crippen LogP contribution in [0.15, 0.2) is 22.8 Å². The van der Waals surface area contributed by atoms with Crippen molar-refractivity contribution < 1.29 is 14.4 Å². The van der Waals surface area contributed by atoms with Gasteiger partial charge in [0.25, 0.3) is 0 Å². The first kappa shape index (κ1) is 12.9. The van der Waals surface area contributed by atoms with E-state index < -0.39 is 4.92 Å². The maximum atomic E-state index is 11.1. The molecule has 2 aromatic heterocycles. The Morgan fingerprint density at radius 1 is 1.50 bits per heavy atom. The van der Waals surface area contributed by atoms with Crippen molar-refractivity contribution in [1.82, 2.24) is 14.5 Å². The van der Waals surface area contributed by atoms with E-state index in [1.807, 2.05) is 0 Å². The smallest absolute Gasteiger partial charge is 0.430 e. The van der Waals surface area contributed by atoms with Gasteiger partial charge in [-0.2, -0.15) is 0 Å². The Bertz CT molecular complexity index is 655. The van der Waals surface area contributed by atoms with Gasteiger partial charge in [-0.3, -0.25) is 0 Å². The minimum absolute atomic E-state index is 0.0412. The first-order chi connectivity index (χ1) is 9.65. The Labute approximate surface area is 121 Å². The van der Waals surface area contributed by atoms with Gasteiger partial charge in [-0.05, 0) is 33.3 Å². The summed E-state index contributed by atoms with van der Waals surface area (Å²) in [7, 11) is 0. The summed E-state index contributed by atoms with van der Waals surface area (Å²) >= 11 is 3.26. The van der Waals surface area contributed by atoms with Gasteiger partial charge in [0.05, 0.1) is 6.61 Å². The second-order valence-electron chi connectivity index (χ2n) is 4.05. The topological polar surface area (TPSA) is 92.3 Å². The van der Waals surface area contributed by atoms with Crippen LogP contribution in [0.25, 0.3) is 0 Å². The van der Waals surface area contributed by atoms with Crippen LogP contribution in [-0.2, 0) is 6.54 Å². The summed E-state index contributed by atoms with van der Waals surface area (Å²) in [5, 5.41) is 11.1. The predicted octanol–water partition coefficient (Wildman–Crippen LogP) is 2.52. The van der Waals surface area contributed by atoms with E-state index in [1.165, 1.54) is 0 Å². The fourth-order valence-corrected chi connectivity index (χ4v) is 2.08. The number of nitro groups is 1. The maximum Gasteiger partial charge on any atom is 0.430 e. The molecule has 1 aliphatic rings. The molecule has 0 unspecified atom stereocenters. The second kappa shape index (κ2) is 5.08. The number of aromatic nitrogens is 3. The third-order valence-corrected chi connectivity index (χ3v) is 3.17. The molecule has 0 atom stereocenters. The molecule has 3 rings (SSSR count). The van der Waals surface area contributed by atoms with E-state index in [2.05, 4.69) is 25.9 Å². The molecule has 0 aliphatic carbocycles. The first-order valence-corrected chi connectivity index (χ1v) is 6.61. The van der Waals surface area contributed by atoms with E-state index in [0.717, 1.165) is 10.9 Å². The molecule has 104 valence electrons. The normalized spacial score (nSPS) is 13.4. The largest absolute Gasteiger partial charge is 0.446 e. The van der Waals surface area contributed by atoms with Gasteiger partial charge in [-0.25, -0.2) is 9.55 Å². The molecule has 8 nitrogen and oxygen atoms in total. The number of pyridine rings is 1. The maximum absolute atomic E-state index is 11.1. The van der Waals surface area contributed by atoms with Crippen LogP contribution in [0.1, 0.15) is 6.42 Å². The Hall–Kier alpha value is -2.16. The number of ether oxygens (including phenoxy) is 2. The third-order valence-electron chi connectivity index (χ3n) is 2.70. The van der Waals surface area contributed by atoms with Gasteiger partial charge in [-0.15, -0.1) is 0 Å². The molecular weight excluding hydrogens is 332 g/mol. The van der Waals surface area contributed by atoms with Crippen LogP contribution in [0.5, 0.6) is 17.8 Å². The first-order valence-electron chi connectivity index (χ1n) is 5.82. The summed E-state index contributed by atoms with van der Waals surface area (Å²) in [6.45, 7) is 1.05. The van der Waals surface area contributed by atoms with Crippen molar-refractivity contribution in [1.29, 1.82) is 0 Å². The van der Waals surface area contributed by atoms with E-state index in [9.17, 15) is 10.1 Å².